The van der Waals surface area contributed by atoms with Crippen LogP contribution >= 0.6 is 0 Å². The van der Waals surface area contributed by atoms with Crippen molar-refractivity contribution in [3.63, 3.8) is 0 Å². The molecule has 0 spiro atoms. The summed E-state index contributed by atoms with van der Waals surface area (Å²) < 4.78 is 8.94. The summed E-state index contributed by atoms with van der Waals surface area (Å²) >= 11 is 0. The first-order chi connectivity index (χ1) is 15.8. The highest BCUT2D eigenvalue weighted by Crippen LogP contribution is 2.48. The molecule has 4 aromatic carbocycles. The van der Waals surface area contributed by atoms with E-state index in [1.54, 1.807) is 0 Å². The van der Waals surface area contributed by atoms with Gasteiger partial charge in [-0.25, -0.2) is 0 Å². The van der Waals surface area contributed by atoms with Crippen LogP contribution in [0.3, 0.4) is 0 Å². The highest BCUT2D eigenvalue weighted by Gasteiger charge is 2.31. The smallest absolute Gasteiger partial charge is 0.256 e. The van der Waals surface area contributed by atoms with Gasteiger partial charge in [0.05, 0.1) is 10.9 Å². The molecule has 5 aromatic rings. The third kappa shape index (κ3) is 2.97. The number of fused-ring (bicyclic) bond motifs is 4. The van der Waals surface area contributed by atoms with Gasteiger partial charge in [0.1, 0.15) is 12.8 Å². The predicted octanol–water partition coefficient (Wildman–Crippen LogP) is 7.87. The lowest BCUT2D eigenvalue weighted by Crippen LogP contribution is -2.33. The Bertz CT molecular complexity index is 1620. The molecular weight excluding hydrogens is 402 g/mol. The summed E-state index contributed by atoms with van der Waals surface area (Å²) in [4.78, 5) is 0. The standard InChI is InChI=1S/C31H30NO/c1-17(2)10-21-8-7-9-22-15-26-23(14-25(21)22)16-28-31(32(26)6)29-20(5)19(4)13-24-11-18(3)12-27(33-28)30(24)29/h7-9,11-17H,10H2,1-6H3/q+1. The van der Waals surface area contributed by atoms with Gasteiger partial charge in [-0.3, -0.25) is 0 Å². The monoisotopic (exact) mass is 432 g/mol. The summed E-state index contributed by atoms with van der Waals surface area (Å²) in [6, 6.07) is 20.4. The fourth-order valence-electron chi connectivity index (χ4n) is 5.67. The molecule has 6 rings (SSSR count). The molecule has 33 heavy (non-hydrogen) atoms. The van der Waals surface area contributed by atoms with Crippen molar-refractivity contribution in [2.24, 2.45) is 13.0 Å². The van der Waals surface area contributed by atoms with Gasteiger partial charge in [-0.05, 0) is 83.7 Å². The molecule has 0 bridgehead atoms. The summed E-state index contributed by atoms with van der Waals surface area (Å²) in [5.74, 6) is 2.54. The second-order valence-electron chi connectivity index (χ2n) is 10.2. The molecule has 0 unspecified atom stereocenters. The van der Waals surface area contributed by atoms with Crippen LogP contribution in [0.15, 0.2) is 54.6 Å². The van der Waals surface area contributed by atoms with Gasteiger partial charge in [0.15, 0.2) is 5.75 Å². The van der Waals surface area contributed by atoms with Crippen LogP contribution in [0.25, 0.3) is 43.7 Å². The zero-order chi connectivity index (χ0) is 23.0. The lowest BCUT2D eigenvalue weighted by molar-refractivity contribution is -0.633. The van der Waals surface area contributed by atoms with Crippen LogP contribution in [-0.2, 0) is 13.5 Å². The van der Waals surface area contributed by atoms with E-state index in [2.05, 4.69) is 101 Å². The third-order valence-electron chi connectivity index (χ3n) is 7.29. The summed E-state index contributed by atoms with van der Waals surface area (Å²) in [6.07, 6.45) is 1.09. The van der Waals surface area contributed by atoms with Crippen molar-refractivity contribution in [3.8, 4) is 22.8 Å². The molecule has 1 aromatic heterocycles. The first-order valence-corrected chi connectivity index (χ1v) is 11.9. The van der Waals surface area contributed by atoms with Crippen LogP contribution in [0.2, 0.25) is 0 Å². The molecule has 0 fully saturated rings. The summed E-state index contributed by atoms with van der Waals surface area (Å²) in [7, 11) is 2.18. The van der Waals surface area contributed by atoms with Gasteiger partial charge in [0.2, 0.25) is 5.52 Å². The molecule has 2 nitrogen and oxygen atoms in total. The number of hydrogen-bond donors (Lipinski definition) is 0. The minimum Gasteiger partial charge on any atom is -0.450 e. The number of aryl methyl sites for hydroxylation is 3. The average Bonchev–Trinajstić information content (AvgIpc) is 2.75. The highest BCUT2D eigenvalue weighted by atomic mass is 16.5. The van der Waals surface area contributed by atoms with Crippen LogP contribution < -0.4 is 9.30 Å². The van der Waals surface area contributed by atoms with Crippen molar-refractivity contribution in [2.75, 3.05) is 0 Å². The zero-order valence-electron chi connectivity index (χ0n) is 20.3. The minimum absolute atomic E-state index is 0.626. The van der Waals surface area contributed by atoms with Crippen molar-refractivity contribution in [1.29, 1.82) is 0 Å². The molecular formula is C31H30NO+. The number of rotatable bonds is 2. The van der Waals surface area contributed by atoms with Gasteiger partial charge >= 0.3 is 0 Å². The van der Waals surface area contributed by atoms with E-state index in [9.17, 15) is 0 Å². The van der Waals surface area contributed by atoms with E-state index >= 15 is 0 Å². The zero-order valence-corrected chi connectivity index (χ0v) is 20.3. The number of hydrogen-bond acceptors (Lipinski definition) is 1. The Morgan fingerprint density at radius 3 is 2.45 bits per heavy atom. The van der Waals surface area contributed by atoms with Gasteiger partial charge in [0, 0.05) is 17.5 Å². The van der Waals surface area contributed by atoms with Crippen LogP contribution in [0.1, 0.15) is 36.1 Å². The Labute approximate surface area is 195 Å². The van der Waals surface area contributed by atoms with E-state index in [0.717, 1.165) is 17.9 Å². The molecule has 0 radical (unpaired) electrons. The molecule has 0 saturated heterocycles. The third-order valence-corrected chi connectivity index (χ3v) is 7.29. The summed E-state index contributed by atoms with van der Waals surface area (Å²) in [6.45, 7) is 11.2. The summed E-state index contributed by atoms with van der Waals surface area (Å²) in [5.41, 5.74) is 9.00. The summed E-state index contributed by atoms with van der Waals surface area (Å²) in [5, 5.41) is 6.35. The second-order valence-corrected chi connectivity index (χ2v) is 10.2. The molecule has 2 heterocycles. The van der Waals surface area contributed by atoms with Crippen LogP contribution in [0.4, 0.5) is 0 Å². The Morgan fingerprint density at radius 2 is 1.67 bits per heavy atom. The van der Waals surface area contributed by atoms with Crippen molar-refractivity contribution >= 4 is 32.4 Å². The number of nitrogens with zero attached hydrogens (tertiary/aromatic N) is 1. The van der Waals surface area contributed by atoms with Crippen molar-refractivity contribution in [1.82, 2.24) is 0 Å². The molecule has 164 valence electrons. The van der Waals surface area contributed by atoms with Gasteiger partial charge in [-0.15, -0.1) is 0 Å². The SMILES string of the molecule is Cc1cc2c3c(c(C)c(C)cc3c1)-c1c(cc3cc4c(CC(C)C)cccc4cc3[n+]1C)O2. The molecule has 2 heteroatoms. The van der Waals surface area contributed by atoms with Crippen molar-refractivity contribution < 1.29 is 9.30 Å². The van der Waals surface area contributed by atoms with E-state index in [-0.39, 0.29) is 0 Å². The fourth-order valence-corrected chi connectivity index (χ4v) is 5.67. The molecule has 0 aliphatic carbocycles. The molecule has 1 aliphatic rings. The maximum absolute atomic E-state index is 6.60. The predicted molar refractivity (Wildman–Crippen MR) is 138 cm³/mol. The number of benzene rings is 4. The van der Waals surface area contributed by atoms with Crippen LogP contribution in [-0.4, -0.2) is 0 Å². The highest BCUT2D eigenvalue weighted by molar-refractivity contribution is 6.06. The number of aromatic nitrogens is 1. The molecule has 1 aliphatic heterocycles. The van der Waals surface area contributed by atoms with Crippen LogP contribution in [0.5, 0.6) is 11.5 Å². The quantitative estimate of drug-likeness (QED) is 0.200. The van der Waals surface area contributed by atoms with E-state index in [0.29, 0.717) is 5.92 Å². The molecule has 0 N–H and O–H groups in total. The van der Waals surface area contributed by atoms with Gasteiger partial charge in [0.25, 0.3) is 5.69 Å². The lowest BCUT2D eigenvalue weighted by atomic mass is 9.89. The number of ether oxygens (including phenoxy) is 1. The molecule has 0 amide bonds. The Balaban J connectivity index is 1.71. The van der Waals surface area contributed by atoms with Crippen LogP contribution in [0, 0.1) is 26.7 Å². The van der Waals surface area contributed by atoms with Crippen molar-refractivity contribution in [2.45, 2.75) is 41.0 Å². The maximum Gasteiger partial charge on any atom is 0.256 e. The lowest BCUT2D eigenvalue weighted by Gasteiger charge is -2.23. The topological polar surface area (TPSA) is 13.1 Å². The van der Waals surface area contributed by atoms with E-state index < -0.39 is 0 Å². The van der Waals surface area contributed by atoms with Gasteiger partial charge in [-0.2, -0.15) is 4.57 Å². The minimum atomic E-state index is 0.626. The maximum atomic E-state index is 6.60. The van der Waals surface area contributed by atoms with E-state index in [4.69, 9.17) is 4.74 Å². The van der Waals surface area contributed by atoms with Gasteiger partial charge < -0.3 is 4.74 Å². The normalized spacial score (nSPS) is 12.6. The van der Waals surface area contributed by atoms with Gasteiger partial charge in [-0.1, -0.05) is 44.2 Å². The number of pyridine rings is 1. The van der Waals surface area contributed by atoms with E-state index in [1.165, 1.54) is 66.0 Å². The molecule has 0 saturated carbocycles. The first kappa shape index (κ1) is 20.2. The average molecular weight is 433 g/mol. The fraction of sp³-hybridized carbons (Fsp3) is 0.258. The van der Waals surface area contributed by atoms with Crippen molar-refractivity contribution in [3.05, 3.63) is 76.9 Å². The molecule has 0 atom stereocenters. The van der Waals surface area contributed by atoms with E-state index in [1.807, 2.05) is 0 Å². The Morgan fingerprint density at radius 1 is 0.848 bits per heavy atom. The Kier molecular flexibility index (Phi) is 4.32. The largest absolute Gasteiger partial charge is 0.450 e. The Hall–Kier alpha value is -3.39. The second kappa shape index (κ2) is 7.05. The first-order valence-electron chi connectivity index (χ1n) is 11.9.